The van der Waals surface area contributed by atoms with Crippen LogP contribution in [0.1, 0.15) is 35.9 Å². The summed E-state index contributed by atoms with van der Waals surface area (Å²) in [7, 11) is 0. The Morgan fingerprint density at radius 2 is 2.57 bits per heavy atom. The van der Waals surface area contributed by atoms with Gasteiger partial charge in [-0.25, -0.2) is 4.98 Å². The number of rotatable bonds is 3. The van der Waals surface area contributed by atoms with E-state index in [1.807, 2.05) is 18.7 Å². The van der Waals surface area contributed by atoms with Gasteiger partial charge in [0.15, 0.2) is 0 Å². The average Bonchev–Trinajstić information content (AvgIpc) is 2.86. The van der Waals surface area contributed by atoms with Crippen molar-refractivity contribution in [2.45, 2.75) is 25.2 Å². The SMILES string of the molecule is CC(CO)c1csc(C2CCSC2)n1. The minimum Gasteiger partial charge on any atom is -0.396 e. The third-order valence-corrected chi connectivity index (χ3v) is 4.79. The Bertz CT molecular complexity index is 294. The summed E-state index contributed by atoms with van der Waals surface area (Å²) in [4.78, 5) is 4.61. The maximum absolute atomic E-state index is 9.02. The number of thioether (sulfide) groups is 1. The molecule has 0 bridgehead atoms. The molecule has 0 radical (unpaired) electrons. The van der Waals surface area contributed by atoms with Crippen LogP contribution in [0.3, 0.4) is 0 Å². The van der Waals surface area contributed by atoms with Crippen LogP contribution in [0.4, 0.5) is 0 Å². The zero-order valence-electron chi connectivity index (χ0n) is 8.27. The second-order valence-corrected chi connectivity index (χ2v) is 5.79. The van der Waals surface area contributed by atoms with Crippen LogP contribution >= 0.6 is 23.1 Å². The lowest BCUT2D eigenvalue weighted by Gasteiger charge is -2.04. The third-order valence-electron chi connectivity index (χ3n) is 2.60. The highest BCUT2D eigenvalue weighted by atomic mass is 32.2. The molecule has 78 valence electrons. The molecule has 2 heterocycles. The zero-order valence-corrected chi connectivity index (χ0v) is 9.90. The normalized spacial score (nSPS) is 24.0. The Morgan fingerprint density at radius 3 is 3.21 bits per heavy atom. The van der Waals surface area contributed by atoms with Gasteiger partial charge in [0.25, 0.3) is 0 Å². The van der Waals surface area contributed by atoms with Crippen molar-refractivity contribution in [1.82, 2.24) is 4.98 Å². The van der Waals surface area contributed by atoms with Crippen molar-refractivity contribution in [2.24, 2.45) is 0 Å². The monoisotopic (exact) mass is 229 g/mol. The molecule has 0 spiro atoms. The van der Waals surface area contributed by atoms with Crippen molar-refractivity contribution < 1.29 is 5.11 Å². The molecule has 2 atom stereocenters. The number of nitrogens with zero attached hydrogens (tertiary/aromatic N) is 1. The number of thiazole rings is 1. The van der Waals surface area contributed by atoms with Crippen LogP contribution in [-0.2, 0) is 0 Å². The first kappa shape index (κ1) is 10.5. The van der Waals surface area contributed by atoms with Gasteiger partial charge in [-0.3, -0.25) is 0 Å². The molecule has 0 aliphatic carbocycles. The number of aromatic nitrogens is 1. The largest absolute Gasteiger partial charge is 0.396 e. The number of hydrogen-bond donors (Lipinski definition) is 1. The summed E-state index contributed by atoms with van der Waals surface area (Å²) in [6.07, 6.45) is 1.27. The molecule has 1 aromatic rings. The van der Waals surface area contributed by atoms with Gasteiger partial charge in [-0.1, -0.05) is 6.92 Å². The van der Waals surface area contributed by atoms with Crippen molar-refractivity contribution in [3.8, 4) is 0 Å². The van der Waals surface area contributed by atoms with Crippen LogP contribution < -0.4 is 0 Å². The average molecular weight is 229 g/mol. The van der Waals surface area contributed by atoms with Gasteiger partial charge in [-0.2, -0.15) is 11.8 Å². The molecule has 14 heavy (non-hydrogen) atoms. The van der Waals surface area contributed by atoms with Crippen molar-refractivity contribution in [3.63, 3.8) is 0 Å². The summed E-state index contributed by atoms with van der Waals surface area (Å²) in [5.41, 5.74) is 1.06. The van der Waals surface area contributed by atoms with Crippen LogP contribution in [0.5, 0.6) is 0 Å². The van der Waals surface area contributed by atoms with E-state index in [9.17, 15) is 0 Å². The molecule has 1 saturated heterocycles. The Labute approximate surface area is 92.8 Å². The molecule has 1 fully saturated rings. The van der Waals surface area contributed by atoms with Gasteiger partial charge in [0.2, 0.25) is 0 Å². The van der Waals surface area contributed by atoms with E-state index in [0.29, 0.717) is 5.92 Å². The Balaban J connectivity index is 2.08. The minimum atomic E-state index is 0.189. The fourth-order valence-corrected chi connectivity index (χ4v) is 3.95. The highest BCUT2D eigenvalue weighted by molar-refractivity contribution is 7.99. The van der Waals surface area contributed by atoms with E-state index in [1.54, 1.807) is 11.3 Å². The van der Waals surface area contributed by atoms with Crippen molar-refractivity contribution in [2.75, 3.05) is 18.1 Å². The number of hydrogen-bond acceptors (Lipinski definition) is 4. The van der Waals surface area contributed by atoms with E-state index in [4.69, 9.17) is 5.11 Å². The van der Waals surface area contributed by atoms with Gasteiger partial charge in [-0.15, -0.1) is 11.3 Å². The first-order valence-electron chi connectivity index (χ1n) is 4.95. The van der Waals surface area contributed by atoms with Crippen molar-refractivity contribution >= 4 is 23.1 Å². The standard InChI is InChI=1S/C10H15NOS2/c1-7(4-12)9-6-14-10(11-9)8-2-3-13-5-8/h6-8,12H,2-5H2,1H3. The molecular weight excluding hydrogens is 214 g/mol. The molecular formula is C10H15NOS2. The fourth-order valence-electron chi connectivity index (χ4n) is 1.54. The van der Waals surface area contributed by atoms with Gasteiger partial charge in [-0.05, 0) is 12.2 Å². The van der Waals surface area contributed by atoms with Gasteiger partial charge >= 0.3 is 0 Å². The molecule has 0 aromatic carbocycles. The summed E-state index contributed by atoms with van der Waals surface area (Å²) in [5, 5.41) is 12.4. The predicted molar refractivity (Wildman–Crippen MR) is 62.3 cm³/mol. The molecule has 1 aromatic heterocycles. The van der Waals surface area contributed by atoms with E-state index < -0.39 is 0 Å². The molecule has 1 aliphatic heterocycles. The van der Waals surface area contributed by atoms with Gasteiger partial charge in [0.1, 0.15) is 0 Å². The third kappa shape index (κ3) is 2.12. The topological polar surface area (TPSA) is 33.1 Å². The highest BCUT2D eigenvalue weighted by Gasteiger charge is 2.21. The molecule has 2 rings (SSSR count). The first-order chi connectivity index (χ1) is 6.81. The van der Waals surface area contributed by atoms with Crippen LogP contribution in [0.25, 0.3) is 0 Å². The van der Waals surface area contributed by atoms with Gasteiger partial charge < -0.3 is 5.11 Å². The summed E-state index contributed by atoms with van der Waals surface area (Å²) in [5.74, 6) is 3.36. The molecule has 4 heteroatoms. The molecule has 1 N–H and O–H groups in total. The molecule has 0 amide bonds. The molecule has 0 saturated carbocycles. The zero-order chi connectivity index (χ0) is 9.97. The Morgan fingerprint density at radius 1 is 1.71 bits per heavy atom. The molecule has 2 unspecified atom stereocenters. The predicted octanol–water partition coefficient (Wildman–Crippen LogP) is 2.46. The van der Waals surface area contributed by atoms with E-state index >= 15 is 0 Å². The molecule has 2 nitrogen and oxygen atoms in total. The van der Waals surface area contributed by atoms with E-state index in [2.05, 4.69) is 10.4 Å². The van der Waals surface area contributed by atoms with Crippen LogP contribution in [0.15, 0.2) is 5.38 Å². The van der Waals surface area contributed by atoms with Gasteiger partial charge in [0.05, 0.1) is 17.3 Å². The second kappa shape index (κ2) is 4.64. The smallest absolute Gasteiger partial charge is 0.0967 e. The lowest BCUT2D eigenvalue weighted by molar-refractivity contribution is 0.271. The Kier molecular flexibility index (Phi) is 3.47. The number of aliphatic hydroxyl groups excluding tert-OH is 1. The van der Waals surface area contributed by atoms with Crippen molar-refractivity contribution in [1.29, 1.82) is 0 Å². The lowest BCUT2D eigenvalue weighted by Crippen LogP contribution is -2.01. The lowest BCUT2D eigenvalue weighted by atomic mass is 10.1. The van der Waals surface area contributed by atoms with E-state index in [-0.39, 0.29) is 12.5 Å². The van der Waals surface area contributed by atoms with Crippen molar-refractivity contribution in [3.05, 3.63) is 16.1 Å². The van der Waals surface area contributed by atoms with E-state index in [1.165, 1.54) is 22.9 Å². The Hall–Kier alpha value is -0.0600. The molecule has 1 aliphatic rings. The fraction of sp³-hybridized carbons (Fsp3) is 0.700. The minimum absolute atomic E-state index is 0.189. The summed E-state index contributed by atoms with van der Waals surface area (Å²) >= 11 is 3.77. The second-order valence-electron chi connectivity index (χ2n) is 3.75. The summed E-state index contributed by atoms with van der Waals surface area (Å²) in [6.45, 7) is 2.21. The maximum Gasteiger partial charge on any atom is 0.0967 e. The summed E-state index contributed by atoms with van der Waals surface area (Å²) in [6, 6.07) is 0. The van der Waals surface area contributed by atoms with E-state index in [0.717, 1.165) is 5.69 Å². The number of aliphatic hydroxyl groups is 1. The first-order valence-corrected chi connectivity index (χ1v) is 6.98. The van der Waals surface area contributed by atoms with Gasteiger partial charge in [0, 0.05) is 23.0 Å². The maximum atomic E-state index is 9.02. The highest BCUT2D eigenvalue weighted by Crippen LogP contribution is 2.34. The quantitative estimate of drug-likeness (QED) is 0.864. The van der Waals surface area contributed by atoms with Crippen LogP contribution in [0, 0.1) is 0 Å². The van der Waals surface area contributed by atoms with Crippen LogP contribution in [-0.4, -0.2) is 28.2 Å². The summed E-state index contributed by atoms with van der Waals surface area (Å²) < 4.78 is 0. The van der Waals surface area contributed by atoms with Crippen LogP contribution in [0.2, 0.25) is 0 Å².